The van der Waals surface area contributed by atoms with E-state index in [1.807, 2.05) is 27.7 Å². The largest absolute Gasteiger partial charge is 0.458 e. The van der Waals surface area contributed by atoms with Crippen LogP contribution < -0.4 is 5.32 Å². The molecule has 1 N–H and O–H groups in total. The summed E-state index contributed by atoms with van der Waals surface area (Å²) in [6.45, 7) is 7.35. The Labute approximate surface area is 106 Å². The molecule has 0 amide bonds. The van der Waals surface area contributed by atoms with Gasteiger partial charge in [-0.3, -0.25) is 0 Å². The zero-order chi connectivity index (χ0) is 13.5. The predicted octanol–water partition coefficient (Wildman–Crippen LogP) is 2.81. The Balaban J connectivity index is 2.18. The maximum Gasteiger partial charge on any atom is 0.329 e. The van der Waals surface area contributed by atoms with Crippen LogP contribution in [0.15, 0.2) is 12.1 Å². The van der Waals surface area contributed by atoms with Gasteiger partial charge >= 0.3 is 5.97 Å². The van der Waals surface area contributed by atoms with Gasteiger partial charge in [0.15, 0.2) is 0 Å². The summed E-state index contributed by atoms with van der Waals surface area (Å²) in [5.74, 6) is -0.605. The van der Waals surface area contributed by atoms with E-state index >= 15 is 0 Å². The molecule has 3 nitrogen and oxygen atoms in total. The highest BCUT2D eigenvalue weighted by molar-refractivity contribution is 5.84. The second-order valence-electron chi connectivity index (χ2n) is 5.65. The molecule has 2 rings (SSSR count). The molecule has 0 saturated carbocycles. The number of hydrogen-bond acceptors (Lipinski definition) is 3. The van der Waals surface area contributed by atoms with Crippen molar-refractivity contribution in [2.45, 2.75) is 45.8 Å². The maximum absolute atomic E-state index is 13.7. The molecule has 0 fully saturated rings. The first-order valence-corrected chi connectivity index (χ1v) is 6.05. The molecule has 1 atom stereocenters. The highest BCUT2D eigenvalue weighted by Gasteiger charge is 2.32. The van der Waals surface area contributed by atoms with Crippen molar-refractivity contribution in [3.05, 3.63) is 29.1 Å². The van der Waals surface area contributed by atoms with Crippen LogP contribution in [0.5, 0.6) is 0 Å². The smallest absolute Gasteiger partial charge is 0.329 e. The summed E-state index contributed by atoms with van der Waals surface area (Å²) >= 11 is 0. The van der Waals surface area contributed by atoms with Crippen LogP contribution in [0.4, 0.5) is 10.1 Å². The van der Waals surface area contributed by atoms with Crippen molar-refractivity contribution >= 4 is 11.7 Å². The Bertz CT molecular complexity index is 460. The summed E-state index contributed by atoms with van der Waals surface area (Å²) < 4.78 is 19.0. The van der Waals surface area contributed by atoms with Crippen LogP contribution in [-0.2, 0) is 16.0 Å². The molecule has 18 heavy (non-hydrogen) atoms. The molecule has 4 heteroatoms. The first-order valence-electron chi connectivity index (χ1n) is 6.05. The lowest BCUT2D eigenvalue weighted by atomic mass is 10.1. The van der Waals surface area contributed by atoms with Crippen LogP contribution >= 0.6 is 0 Å². The third kappa shape index (κ3) is 2.47. The van der Waals surface area contributed by atoms with E-state index in [0.717, 1.165) is 11.3 Å². The Hall–Kier alpha value is -1.58. The molecule has 0 saturated heterocycles. The van der Waals surface area contributed by atoms with Gasteiger partial charge in [0.25, 0.3) is 0 Å². The van der Waals surface area contributed by atoms with E-state index in [2.05, 4.69) is 5.32 Å². The standard InChI is InChI=1S/C14H18FNO2/c1-8-5-6-10(15)9-7-11(16-12(8)9)13(17)18-14(2,3)4/h5-6,11,16H,7H2,1-4H3/t11-/m0/s1. The van der Waals surface area contributed by atoms with Crippen molar-refractivity contribution in [2.75, 3.05) is 5.32 Å². The molecule has 1 aliphatic rings. The number of carbonyl (C=O) groups excluding carboxylic acids is 1. The number of halogens is 1. The van der Waals surface area contributed by atoms with Gasteiger partial charge in [0.2, 0.25) is 0 Å². The molecule has 1 aliphatic heterocycles. The number of fused-ring (bicyclic) bond motifs is 1. The molecule has 0 aliphatic carbocycles. The number of hydrogen-bond donors (Lipinski definition) is 1. The van der Waals surface area contributed by atoms with Crippen LogP contribution in [0.3, 0.4) is 0 Å². The molecule has 0 radical (unpaired) electrons. The first kappa shape index (κ1) is 12.9. The third-order valence-electron chi connectivity index (χ3n) is 2.88. The van der Waals surface area contributed by atoms with Gasteiger partial charge in [0.1, 0.15) is 17.5 Å². The molecular weight excluding hydrogens is 233 g/mol. The molecule has 1 aromatic carbocycles. The highest BCUT2D eigenvalue weighted by atomic mass is 19.1. The van der Waals surface area contributed by atoms with Crippen molar-refractivity contribution in [3.8, 4) is 0 Å². The van der Waals surface area contributed by atoms with Crippen LogP contribution in [-0.4, -0.2) is 17.6 Å². The Morgan fingerprint density at radius 3 is 2.67 bits per heavy atom. The van der Waals surface area contributed by atoms with Crippen LogP contribution in [0.2, 0.25) is 0 Å². The van der Waals surface area contributed by atoms with E-state index in [4.69, 9.17) is 4.74 Å². The molecule has 0 bridgehead atoms. The number of carbonyl (C=O) groups is 1. The fourth-order valence-electron chi connectivity index (χ4n) is 2.08. The third-order valence-corrected chi connectivity index (χ3v) is 2.88. The Morgan fingerprint density at radius 2 is 2.11 bits per heavy atom. The van der Waals surface area contributed by atoms with E-state index in [1.54, 1.807) is 6.07 Å². The fraction of sp³-hybridized carbons (Fsp3) is 0.500. The van der Waals surface area contributed by atoms with Gasteiger partial charge in [0.05, 0.1) is 0 Å². The van der Waals surface area contributed by atoms with Gasteiger partial charge in [-0.05, 0) is 39.3 Å². The predicted molar refractivity (Wildman–Crippen MR) is 68.1 cm³/mol. The number of aryl methyl sites for hydroxylation is 1. The normalized spacial score (nSPS) is 18.2. The topological polar surface area (TPSA) is 38.3 Å². The van der Waals surface area contributed by atoms with Gasteiger partial charge in [-0.15, -0.1) is 0 Å². The number of benzene rings is 1. The molecule has 1 aromatic rings. The fourth-order valence-corrected chi connectivity index (χ4v) is 2.08. The number of esters is 1. The van der Waals surface area contributed by atoms with Crippen LogP contribution in [0, 0.1) is 12.7 Å². The van der Waals surface area contributed by atoms with Crippen LogP contribution in [0.1, 0.15) is 31.9 Å². The van der Waals surface area contributed by atoms with Crippen molar-refractivity contribution in [2.24, 2.45) is 0 Å². The SMILES string of the molecule is Cc1ccc(F)c2c1N[C@H](C(=O)OC(C)(C)C)C2. The number of nitrogens with one attached hydrogen (secondary N) is 1. The van der Waals surface area contributed by atoms with Gasteiger partial charge in [-0.25, -0.2) is 9.18 Å². The first-order chi connectivity index (χ1) is 8.28. The van der Waals surface area contributed by atoms with E-state index in [-0.39, 0.29) is 11.8 Å². The summed E-state index contributed by atoms with van der Waals surface area (Å²) in [4.78, 5) is 11.9. The summed E-state index contributed by atoms with van der Waals surface area (Å²) in [5.41, 5.74) is 1.72. The maximum atomic E-state index is 13.7. The van der Waals surface area contributed by atoms with E-state index in [1.165, 1.54) is 6.07 Å². The minimum Gasteiger partial charge on any atom is -0.458 e. The quantitative estimate of drug-likeness (QED) is 0.780. The van der Waals surface area contributed by atoms with Crippen molar-refractivity contribution in [1.29, 1.82) is 0 Å². The van der Waals surface area contributed by atoms with Gasteiger partial charge in [-0.2, -0.15) is 0 Å². The second kappa shape index (κ2) is 4.26. The van der Waals surface area contributed by atoms with E-state index < -0.39 is 11.6 Å². The molecule has 0 unspecified atom stereocenters. The Morgan fingerprint density at radius 1 is 1.44 bits per heavy atom. The number of rotatable bonds is 1. The van der Waals surface area contributed by atoms with Crippen molar-refractivity contribution in [3.63, 3.8) is 0 Å². The zero-order valence-electron chi connectivity index (χ0n) is 11.1. The molecule has 1 heterocycles. The summed E-state index contributed by atoms with van der Waals surface area (Å²) in [6.07, 6.45) is 0.345. The second-order valence-corrected chi connectivity index (χ2v) is 5.65. The molecule has 98 valence electrons. The van der Waals surface area contributed by atoms with E-state index in [0.29, 0.717) is 12.0 Å². The average Bonchev–Trinajstić information content (AvgIpc) is 2.67. The highest BCUT2D eigenvalue weighted by Crippen LogP contribution is 2.32. The summed E-state index contributed by atoms with van der Waals surface area (Å²) in [7, 11) is 0. The molecular formula is C14H18FNO2. The van der Waals surface area contributed by atoms with E-state index in [9.17, 15) is 9.18 Å². The summed E-state index contributed by atoms with van der Waals surface area (Å²) in [6, 6.07) is 2.65. The number of ether oxygens (including phenoxy) is 1. The Kier molecular flexibility index (Phi) is 3.05. The average molecular weight is 251 g/mol. The monoisotopic (exact) mass is 251 g/mol. The van der Waals surface area contributed by atoms with Crippen molar-refractivity contribution < 1.29 is 13.9 Å². The van der Waals surface area contributed by atoms with Gasteiger partial charge < -0.3 is 10.1 Å². The van der Waals surface area contributed by atoms with Crippen molar-refractivity contribution in [1.82, 2.24) is 0 Å². The lowest BCUT2D eigenvalue weighted by molar-refractivity contribution is -0.155. The number of anilines is 1. The lowest BCUT2D eigenvalue weighted by Gasteiger charge is -2.22. The minimum absolute atomic E-state index is 0.269. The van der Waals surface area contributed by atoms with Gasteiger partial charge in [-0.1, -0.05) is 6.07 Å². The van der Waals surface area contributed by atoms with Crippen LogP contribution in [0.25, 0.3) is 0 Å². The zero-order valence-corrected chi connectivity index (χ0v) is 11.1. The lowest BCUT2D eigenvalue weighted by Crippen LogP contribution is -2.35. The van der Waals surface area contributed by atoms with Gasteiger partial charge in [0, 0.05) is 17.7 Å². The summed E-state index contributed by atoms with van der Waals surface area (Å²) in [5, 5.41) is 3.05. The molecule has 0 aromatic heterocycles. The molecule has 0 spiro atoms. The minimum atomic E-state index is -0.527.